The first-order valence-corrected chi connectivity index (χ1v) is 3.65. The van der Waals surface area contributed by atoms with E-state index in [2.05, 4.69) is 8.60 Å². The predicted octanol–water partition coefficient (Wildman–Crippen LogP) is 0.461. The smallest absolute Gasteiger partial charge is 0.433 e. The molecule has 0 saturated carbocycles. The normalized spacial score (nSPS) is 11.3. The SMILES string of the molecule is O=S(=O)(O)Oc1ccco1. The summed E-state index contributed by atoms with van der Waals surface area (Å²) in [6.07, 6.45) is 1.22. The lowest BCUT2D eigenvalue weighted by molar-refractivity contribution is 0.333. The Morgan fingerprint density at radius 3 is 2.70 bits per heavy atom. The zero-order valence-electron chi connectivity index (χ0n) is 4.72. The molecule has 0 aromatic carbocycles. The Morgan fingerprint density at radius 2 is 2.30 bits per heavy atom. The van der Waals surface area contributed by atoms with E-state index in [1.807, 2.05) is 0 Å². The van der Waals surface area contributed by atoms with Crippen molar-refractivity contribution in [2.75, 3.05) is 0 Å². The van der Waals surface area contributed by atoms with Crippen molar-refractivity contribution in [1.82, 2.24) is 0 Å². The Bertz CT molecular complexity index is 283. The van der Waals surface area contributed by atoms with Crippen molar-refractivity contribution < 1.29 is 21.6 Å². The van der Waals surface area contributed by atoms with Gasteiger partial charge in [0.1, 0.15) is 0 Å². The molecule has 1 rings (SSSR count). The molecule has 0 saturated heterocycles. The van der Waals surface area contributed by atoms with Gasteiger partial charge in [-0.05, 0) is 6.07 Å². The first-order chi connectivity index (χ1) is 4.58. The average molecular weight is 164 g/mol. The van der Waals surface area contributed by atoms with E-state index in [0.29, 0.717) is 0 Å². The van der Waals surface area contributed by atoms with E-state index in [1.165, 1.54) is 18.4 Å². The van der Waals surface area contributed by atoms with Gasteiger partial charge in [0.15, 0.2) is 0 Å². The third-order valence-corrected chi connectivity index (χ3v) is 1.06. The maximum Gasteiger partial charge on any atom is 0.449 e. The van der Waals surface area contributed by atoms with E-state index >= 15 is 0 Å². The second kappa shape index (κ2) is 2.31. The minimum atomic E-state index is -4.44. The van der Waals surface area contributed by atoms with Gasteiger partial charge in [0.05, 0.1) is 6.26 Å². The number of rotatable bonds is 2. The molecule has 0 amide bonds. The summed E-state index contributed by atoms with van der Waals surface area (Å²) in [6.45, 7) is 0. The highest BCUT2D eigenvalue weighted by Gasteiger charge is 2.07. The molecule has 1 heterocycles. The molecule has 6 heteroatoms. The van der Waals surface area contributed by atoms with E-state index in [9.17, 15) is 8.42 Å². The van der Waals surface area contributed by atoms with E-state index in [0.717, 1.165) is 0 Å². The summed E-state index contributed by atoms with van der Waals surface area (Å²) < 4.78 is 36.4. The van der Waals surface area contributed by atoms with Gasteiger partial charge in [0.2, 0.25) is 0 Å². The standard InChI is InChI=1S/C4H4O5S/c5-10(6,7)9-4-2-1-3-8-4/h1-3H,(H,5,6,7). The third-order valence-electron chi connectivity index (χ3n) is 0.683. The van der Waals surface area contributed by atoms with Crippen LogP contribution in [0.1, 0.15) is 0 Å². The monoisotopic (exact) mass is 164 g/mol. The molecular weight excluding hydrogens is 160 g/mol. The van der Waals surface area contributed by atoms with E-state index < -0.39 is 10.4 Å². The second-order valence-electron chi connectivity index (χ2n) is 1.44. The van der Waals surface area contributed by atoms with Crippen LogP contribution in [0.25, 0.3) is 0 Å². The summed E-state index contributed by atoms with van der Waals surface area (Å²) in [4.78, 5) is 0. The molecule has 0 atom stereocenters. The molecule has 1 aromatic heterocycles. The van der Waals surface area contributed by atoms with Gasteiger partial charge in [-0.2, -0.15) is 8.42 Å². The van der Waals surface area contributed by atoms with Crippen LogP contribution in [0.15, 0.2) is 22.8 Å². The van der Waals surface area contributed by atoms with Gasteiger partial charge < -0.3 is 8.60 Å². The van der Waals surface area contributed by atoms with Crippen molar-refractivity contribution in [3.05, 3.63) is 18.4 Å². The van der Waals surface area contributed by atoms with Crippen molar-refractivity contribution in [3.63, 3.8) is 0 Å². The van der Waals surface area contributed by atoms with Crippen LogP contribution in [0, 0.1) is 0 Å². The lowest BCUT2D eigenvalue weighted by Gasteiger charge is -1.92. The van der Waals surface area contributed by atoms with Crippen LogP contribution in [-0.4, -0.2) is 13.0 Å². The zero-order valence-corrected chi connectivity index (χ0v) is 5.54. The van der Waals surface area contributed by atoms with Crippen LogP contribution >= 0.6 is 0 Å². The van der Waals surface area contributed by atoms with Gasteiger partial charge in [-0.3, -0.25) is 4.55 Å². The van der Waals surface area contributed by atoms with Crippen LogP contribution in [0.2, 0.25) is 0 Å². The number of furan rings is 1. The highest BCUT2D eigenvalue weighted by Crippen LogP contribution is 2.11. The molecule has 0 fully saturated rings. The lowest BCUT2D eigenvalue weighted by Crippen LogP contribution is -2.05. The molecule has 0 aliphatic rings. The fraction of sp³-hybridized carbons (Fsp3) is 0. The summed E-state index contributed by atoms with van der Waals surface area (Å²) in [5.41, 5.74) is 0. The molecule has 0 radical (unpaired) electrons. The molecule has 1 N–H and O–H groups in total. The third kappa shape index (κ3) is 2.08. The zero-order chi connectivity index (χ0) is 7.61. The van der Waals surface area contributed by atoms with Gasteiger partial charge in [-0.25, -0.2) is 0 Å². The fourth-order valence-electron chi connectivity index (χ4n) is 0.415. The molecule has 0 aliphatic carbocycles. The van der Waals surface area contributed by atoms with Gasteiger partial charge in [0, 0.05) is 6.07 Å². The summed E-state index contributed by atoms with van der Waals surface area (Å²) in [5.74, 6) is -0.262. The highest BCUT2D eigenvalue weighted by molar-refractivity contribution is 7.81. The van der Waals surface area contributed by atoms with E-state index in [-0.39, 0.29) is 5.95 Å². The second-order valence-corrected chi connectivity index (χ2v) is 2.47. The topological polar surface area (TPSA) is 76.7 Å². The predicted molar refractivity (Wildman–Crippen MR) is 30.9 cm³/mol. The molecule has 0 spiro atoms. The van der Waals surface area contributed by atoms with Crippen LogP contribution in [0.5, 0.6) is 5.95 Å². The van der Waals surface area contributed by atoms with Crippen LogP contribution in [-0.2, 0) is 10.4 Å². The van der Waals surface area contributed by atoms with E-state index in [4.69, 9.17) is 4.55 Å². The van der Waals surface area contributed by atoms with Crippen molar-refractivity contribution in [2.45, 2.75) is 0 Å². The van der Waals surface area contributed by atoms with Gasteiger partial charge >= 0.3 is 16.3 Å². The van der Waals surface area contributed by atoms with Gasteiger partial charge in [-0.1, -0.05) is 0 Å². The van der Waals surface area contributed by atoms with Crippen LogP contribution in [0.4, 0.5) is 0 Å². The first kappa shape index (κ1) is 7.10. The summed E-state index contributed by atoms with van der Waals surface area (Å²) >= 11 is 0. The van der Waals surface area contributed by atoms with Crippen molar-refractivity contribution in [2.24, 2.45) is 0 Å². The van der Waals surface area contributed by atoms with Gasteiger partial charge in [-0.15, -0.1) is 0 Å². The Hall–Kier alpha value is -1.01. The molecular formula is C4H4O5S. The quantitative estimate of drug-likeness (QED) is 0.642. The summed E-state index contributed by atoms with van der Waals surface area (Å²) in [5, 5.41) is 0. The Morgan fingerprint density at radius 1 is 1.60 bits per heavy atom. The highest BCUT2D eigenvalue weighted by atomic mass is 32.3. The molecule has 0 unspecified atom stereocenters. The molecule has 0 bridgehead atoms. The van der Waals surface area contributed by atoms with Crippen molar-refractivity contribution in [1.29, 1.82) is 0 Å². The minimum absolute atomic E-state index is 0.262. The molecule has 1 aromatic rings. The van der Waals surface area contributed by atoms with E-state index in [1.54, 1.807) is 0 Å². The fourth-order valence-corrected chi connectivity index (χ4v) is 0.717. The largest absolute Gasteiger partial charge is 0.449 e. The first-order valence-electron chi connectivity index (χ1n) is 2.28. The number of hydrogen-bond donors (Lipinski definition) is 1. The van der Waals surface area contributed by atoms with Crippen molar-refractivity contribution >= 4 is 10.4 Å². The maximum atomic E-state index is 9.97. The Balaban J connectivity index is 2.75. The summed E-state index contributed by atoms with van der Waals surface area (Å²) in [6, 6.07) is 2.69. The van der Waals surface area contributed by atoms with Crippen LogP contribution < -0.4 is 4.18 Å². The minimum Gasteiger partial charge on any atom is -0.433 e. The Labute approximate surface area is 57.2 Å². The van der Waals surface area contributed by atoms with Crippen LogP contribution in [0.3, 0.4) is 0 Å². The maximum absolute atomic E-state index is 9.97. The summed E-state index contributed by atoms with van der Waals surface area (Å²) in [7, 11) is -4.44. The lowest BCUT2D eigenvalue weighted by atomic mass is 10.7. The molecule has 10 heavy (non-hydrogen) atoms. The average Bonchev–Trinajstić information content (AvgIpc) is 2.12. The molecule has 56 valence electrons. The number of hydrogen-bond acceptors (Lipinski definition) is 4. The van der Waals surface area contributed by atoms with Crippen molar-refractivity contribution in [3.8, 4) is 5.95 Å². The molecule has 0 aliphatic heterocycles. The van der Waals surface area contributed by atoms with Gasteiger partial charge in [0.25, 0.3) is 0 Å². The Kier molecular flexibility index (Phi) is 1.64. The molecule has 5 nitrogen and oxygen atoms in total.